The lowest BCUT2D eigenvalue weighted by molar-refractivity contribution is 0.432. The van der Waals surface area contributed by atoms with Gasteiger partial charge in [0.1, 0.15) is 11.5 Å². The Bertz CT molecular complexity index is 1380. The molecule has 0 fully saturated rings. The molecule has 0 radical (unpaired) electrons. The zero-order valence-corrected chi connectivity index (χ0v) is 15.0. The highest BCUT2D eigenvalue weighted by atomic mass is 19.1. The zero-order valence-electron chi connectivity index (χ0n) is 15.0. The standard InChI is InChI=1S/C22H13FN4O2/c23-14-8-10-15(11-9-14)27-13-18(16-5-1-2-6-17(16)22(27)28)21-25-20(26-29-21)19-7-3-4-12-24-19/h1-13H. The van der Waals surface area contributed by atoms with Crippen LogP contribution in [0.3, 0.4) is 0 Å². The second kappa shape index (κ2) is 6.79. The summed E-state index contributed by atoms with van der Waals surface area (Å²) >= 11 is 0. The average molecular weight is 384 g/mol. The zero-order chi connectivity index (χ0) is 19.8. The fraction of sp³-hybridized carbons (Fsp3) is 0. The maximum Gasteiger partial charge on any atom is 0.262 e. The van der Waals surface area contributed by atoms with Gasteiger partial charge in [-0.25, -0.2) is 4.39 Å². The lowest BCUT2D eigenvalue weighted by atomic mass is 10.1. The molecule has 5 rings (SSSR count). The molecule has 3 heterocycles. The Balaban J connectivity index is 1.74. The molecule has 29 heavy (non-hydrogen) atoms. The number of benzene rings is 2. The van der Waals surface area contributed by atoms with E-state index in [0.29, 0.717) is 33.5 Å². The molecular weight excluding hydrogens is 371 g/mol. The van der Waals surface area contributed by atoms with Crippen LogP contribution < -0.4 is 5.56 Å². The molecular formula is C22H13FN4O2. The minimum absolute atomic E-state index is 0.222. The van der Waals surface area contributed by atoms with E-state index in [4.69, 9.17) is 4.52 Å². The fourth-order valence-electron chi connectivity index (χ4n) is 3.19. The lowest BCUT2D eigenvalue weighted by Gasteiger charge is -2.10. The summed E-state index contributed by atoms with van der Waals surface area (Å²) in [6, 6.07) is 18.3. The first kappa shape index (κ1) is 17.0. The van der Waals surface area contributed by atoms with E-state index in [2.05, 4.69) is 15.1 Å². The van der Waals surface area contributed by atoms with Crippen LogP contribution in [0.5, 0.6) is 0 Å². The van der Waals surface area contributed by atoms with Crippen LogP contribution in [0.1, 0.15) is 0 Å². The maximum atomic E-state index is 13.3. The summed E-state index contributed by atoms with van der Waals surface area (Å²) in [7, 11) is 0. The Labute approximate surface area is 163 Å². The maximum absolute atomic E-state index is 13.3. The van der Waals surface area contributed by atoms with Crippen molar-refractivity contribution in [3.8, 4) is 28.7 Å². The molecule has 0 aliphatic heterocycles. The molecule has 0 bridgehead atoms. The monoisotopic (exact) mass is 384 g/mol. The lowest BCUT2D eigenvalue weighted by Crippen LogP contribution is -2.18. The van der Waals surface area contributed by atoms with Gasteiger partial charge in [0.2, 0.25) is 5.82 Å². The number of hydrogen-bond acceptors (Lipinski definition) is 5. The Morgan fingerprint density at radius 3 is 2.41 bits per heavy atom. The predicted octanol–water partition coefficient (Wildman–Crippen LogP) is 4.24. The molecule has 0 atom stereocenters. The third kappa shape index (κ3) is 2.98. The number of rotatable bonds is 3. The Kier molecular flexibility index (Phi) is 3.98. The minimum Gasteiger partial charge on any atom is -0.333 e. The predicted molar refractivity (Wildman–Crippen MR) is 106 cm³/mol. The van der Waals surface area contributed by atoms with Crippen LogP contribution in [0.4, 0.5) is 4.39 Å². The van der Waals surface area contributed by atoms with Gasteiger partial charge in [0.05, 0.1) is 5.56 Å². The largest absolute Gasteiger partial charge is 0.333 e. The Morgan fingerprint density at radius 2 is 1.66 bits per heavy atom. The van der Waals surface area contributed by atoms with Crippen molar-refractivity contribution in [1.29, 1.82) is 0 Å². The molecule has 0 amide bonds. The first-order valence-electron chi connectivity index (χ1n) is 8.86. The summed E-state index contributed by atoms with van der Waals surface area (Å²) in [5, 5.41) is 5.20. The van der Waals surface area contributed by atoms with Crippen molar-refractivity contribution in [1.82, 2.24) is 19.7 Å². The second-order valence-electron chi connectivity index (χ2n) is 6.38. The number of nitrogens with zero attached hydrogens (tertiary/aromatic N) is 4. The van der Waals surface area contributed by atoms with Crippen LogP contribution in [0.15, 0.2) is 88.4 Å². The molecule has 0 saturated carbocycles. The van der Waals surface area contributed by atoms with Gasteiger partial charge in [-0.3, -0.25) is 14.3 Å². The summed E-state index contributed by atoms with van der Waals surface area (Å²) < 4.78 is 20.3. The number of aromatic nitrogens is 4. The first-order valence-corrected chi connectivity index (χ1v) is 8.86. The van der Waals surface area contributed by atoms with Crippen LogP contribution in [0, 0.1) is 5.82 Å². The normalized spacial score (nSPS) is 11.1. The fourth-order valence-corrected chi connectivity index (χ4v) is 3.19. The van der Waals surface area contributed by atoms with Crippen molar-refractivity contribution >= 4 is 10.8 Å². The molecule has 0 aliphatic carbocycles. The molecule has 0 saturated heterocycles. The minimum atomic E-state index is -0.375. The van der Waals surface area contributed by atoms with Gasteiger partial charge in [-0.15, -0.1) is 0 Å². The highest BCUT2D eigenvalue weighted by Crippen LogP contribution is 2.28. The van der Waals surface area contributed by atoms with Gasteiger partial charge in [-0.2, -0.15) is 4.98 Å². The van der Waals surface area contributed by atoms with E-state index in [1.807, 2.05) is 18.2 Å². The molecule has 3 aromatic heterocycles. The smallest absolute Gasteiger partial charge is 0.262 e. The van der Waals surface area contributed by atoms with E-state index in [1.165, 1.54) is 16.7 Å². The van der Waals surface area contributed by atoms with Crippen molar-refractivity contribution in [2.24, 2.45) is 0 Å². The average Bonchev–Trinajstić information content (AvgIpc) is 3.26. The number of halogens is 1. The Hall–Kier alpha value is -4.13. The molecule has 0 aliphatic rings. The van der Waals surface area contributed by atoms with Gasteiger partial charge in [-0.05, 0) is 42.5 Å². The Morgan fingerprint density at radius 1 is 0.897 bits per heavy atom. The molecule has 0 unspecified atom stereocenters. The van der Waals surface area contributed by atoms with Crippen molar-refractivity contribution in [3.05, 3.63) is 95.3 Å². The summed E-state index contributed by atoms with van der Waals surface area (Å²) in [6.07, 6.45) is 3.28. The van der Waals surface area contributed by atoms with E-state index in [0.717, 1.165) is 0 Å². The summed E-state index contributed by atoms with van der Waals surface area (Å²) in [6.45, 7) is 0. The topological polar surface area (TPSA) is 73.8 Å². The molecule has 2 aromatic carbocycles. The van der Waals surface area contributed by atoms with Crippen molar-refractivity contribution < 1.29 is 8.91 Å². The third-order valence-corrected chi connectivity index (χ3v) is 4.58. The highest BCUT2D eigenvalue weighted by Gasteiger charge is 2.17. The molecule has 6 nitrogen and oxygen atoms in total. The van der Waals surface area contributed by atoms with E-state index in [9.17, 15) is 9.18 Å². The quantitative estimate of drug-likeness (QED) is 0.465. The highest BCUT2D eigenvalue weighted by molar-refractivity contribution is 5.94. The van der Waals surface area contributed by atoms with Gasteiger partial charge >= 0.3 is 0 Å². The molecule has 7 heteroatoms. The molecule has 0 N–H and O–H groups in total. The van der Waals surface area contributed by atoms with Gasteiger partial charge in [0.25, 0.3) is 11.4 Å². The van der Waals surface area contributed by atoms with Crippen LogP contribution in [-0.2, 0) is 0 Å². The molecule has 5 aromatic rings. The summed E-state index contributed by atoms with van der Waals surface area (Å²) in [4.78, 5) is 21.7. The van der Waals surface area contributed by atoms with Crippen molar-refractivity contribution in [2.75, 3.05) is 0 Å². The van der Waals surface area contributed by atoms with E-state index in [-0.39, 0.29) is 17.3 Å². The number of fused-ring (bicyclic) bond motifs is 1. The number of pyridine rings is 2. The van der Waals surface area contributed by atoms with Gasteiger partial charge in [-0.1, -0.05) is 29.4 Å². The summed E-state index contributed by atoms with van der Waals surface area (Å²) in [5.74, 6) is 0.238. The van der Waals surface area contributed by atoms with E-state index < -0.39 is 0 Å². The van der Waals surface area contributed by atoms with Crippen LogP contribution in [0.2, 0.25) is 0 Å². The molecule has 0 spiro atoms. The first-order chi connectivity index (χ1) is 14.2. The van der Waals surface area contributed by atoms with E-state index in [1.54, 1.807) is 48.8 Å². The van der Waals surface area contributed by atoms with Gasteiger partial charge in [0, 0.05) is 28.9 Å². The number of hydrogen-bond donors (Lipinski definition) is 0. The summed E-state index contributed by atoms with van der Waals surface area (Å²) in [5.41, 5.74) is 1.49. The second-order valence-corrected chi connectivity index (χ2v) is 6.38. The van der Waals surface area contributed by atoms with Crippen LogP contribution in [0.25, 0.3) is 39.4 Å². The van der Waals surface area contributed by atoms with Crippen molar-refractivity contribution in [2.45, 2.75) is 0 Å². The molecule has 140 valence electrons. The third-order valence-electron chi connectivity index (χ3n) is 4.58. The van der Waals surface area contributed by atoms with Gasteiger partial charge in [0.15, 0.2) is 0 Å². The van der Waals surface area contributed by atoms with Crippen LogP contribution >= 0.6 is 0 Å². The van der Waals surface area contributed by atoms with Crippen LogP contribution in [-0.4, -0.2) is 19.7 Å². The van der Waals surface area contributed by atoms with Gasteiger partial charge < -0.3 is 4.52 Å². The SMILES string of the molecule is O=c1c2ccccc2c(-c2nc(-c3ccccn3)no2)cn1-c1ccc(F)cc1. The van der Waals surface area contributed by atoms with E-state index >= 15 is 0 Å². The van der Waals surface area contributed by atoms with Crippen molar-refractivity contribution in [3.63, 3.8) is 0 Å².